The van der Waals surface area contributed by atoms with Crippen molar-refractivity contribution in [2.24, 2.45) is 0 Å². The Bertz CT molecular complexity index is 766. The predicted octanol–water partition coefficient (Wildman–Crippen LogP) is 3.95. The van der Waals surface area contributed by atoms with Gasteiger partial charge in [-0.1, -0.05) is 28.1 Å². The van der Waals surface area contributed by atoms with E-state index in [4.69, 9.17) is 9.52 Å². The number of carboxylic acids is 1. The summed E-state index contributed by atoms with van der Waals surface area (Å²) in [5.41, 5.74) is 2.16. The van der Waals surface area contributed by atoms with Gasteiger partial charge < -0.3 is 14.4 Å². The van der Waals surface area contributed by atoms with E-state index in [0.717, 1.165) is 22.9 Å². The predicted molar refractivity (Wildman–Crippen MR) is 91.9 cm³/mol. The first kappa shape index (κ1) is 16.8. The molecule has 1 amide bonds. The van der Waals surface area contributed by atoms with Gasteiger partial charge in [0.05, 0.1) is 17.9 Å². The first-order valence-corrected chi connectivity index (χ1v) is 8.62. The van der Waals surface area contributed by atoms with E-state index < -0.39 is 5.97 Å². The van der Waals surface area contributed by atoms with Crippen LogP contribution in [0.25, 0.3) is 0 Å². The van der Waals surface area contributed by atoms with Crippen LogP contribution in [0.1, 0.15) is 46.1 Å². The van der Waals surface area contributed by atoms with Crippen LogP contribution < -0.4 is 0 Å². The molecule has 6 heteroatoms. The molecule has 2 heterocycles. The third-order valence-corrected chi connectivity index (χ3v) is 4.87. The molecule has 0 radical (unpaired) electrons. The van der Waals surface area contributed by atoms with Crippen LogP contribution in [0.3, 0.4) is 0 Å². The first-order chi connectivity index (χ1) is 11.5. The number of furan rings is 1. The number of aryl methyl sites for hydroxylation is 1. The molecule has 0 bridgehead atoms. The van der Waals surface area contributed by atoms with Gasteiger partial charge in [0, 0.05) is 16.6 Å². The van der Waals surface area contributed by atoms with E-state index in [9.17, 15) is 9.59 Å². The number of hydrogen-bond acceptors (Lipinski definition) is 3. The minimum absolute atomic E-state index is 0.0116. The van der Waals surface area contributed by atoms with Gasteiger partial charge in [0.15, 0.2) is 0 Å². The van der Waals surface area contributed by atoms with Crippen LogP contribution in [0.15, 0.2) is 39.4 Å². The van der Waals surface area contributed by atoms with Crippen molar-refractivity contribution in [3.63, 3.8) is 0 Å². The molecule has 5 nitrogen and oxygen atoms in total. The van der Waals surface area contributed by atoms with Gasteiger partial charge in [0.25, 0.3) is 5.91 Å². The number of amides is 1. The number of carbonyl (C=O) groups excluding carboxylic acids is 1. The number of aliphatic carboxylic acids is 1. The maximum absolute atomic E-state index is 13.0. The van der Waals surface area contributed by atoms with Crippen LogP contribution in [-0.4, -0.2) is 28.4 Å². The summed E-state index contributed by atoms with van der Waals surface area (Å²) in [6.07, 6.45) is 3.00. The molecule has 3 rings (SSSR count). The Morgan fingerprint density at radius 2 is 2.04 bits per heavy atom. The summed E-state index contributed by atoms with van der Waals surface area (Å²) in [7, 11) is 0. The van der Waals surface area contributed by atoms with Gasteiger partial charge in [0.2, 0.25) is 0 Å². The lowest BCUT2D eigenvalue weighted by Crippen LogP contribution is -2.31. The fraction of sp³-hybridized carbons (Fsp3) is 0.333. The highest BCUT2D eigenvalue weighted by Crippen LogP contribution is 2.35. The van der Waals surface area contributed by atoms with E-state index in [-0.39, 0.29) is 24.1 Å². The topological polar surface area (TPSA) is 70.7 Å². The van der Waals surface area contributed by atoms with Crippen LogP contribution in [0.4, 0.5) is 0 Å². The fourth-order valence-corrected chi connectivity index (χ4v) is 3.50. The summed E-state index contributed by atoms with van der Waals surface area (Å²) in [5.74, 6) is -0.932. The average Bonchev–Trinajstić information content (AvgIpc) is 3.14. The van der Waals surface area contributed by atoms with Crippen LogP contribution >= 0.6 is 15.9 Å². The molecule has 1 aliphatic heterocycles. The number of halogens is 1. The van der Waals surface area contributed by atoms with Gasteiger partial charge in [-0.2, -0.15) is 0 Å². The van der Waals surface area contributed by atoms with Gasteiger partial charge >= 0.3 is 5.97 Å². The smallest absolute Gasteiger partial charge is 0.311 e. The van der Waals surface area contributed by atoms with Crippen molar-refractivity contribution in [3.05, 3.63) is 57.5 Å². The molecule has 2 aromatic rings. The minimum Gasteiger partial charge on any atom is -0.481 e. The Balaban J connectivity index is 1.90. The Morgan fingerprint density at radius 1 is 1.33 bits per heavy atom. The molecule has 24 heavy (non-hydrogen) atoms. The number of likely N-dealkylation sites (tertiary alicyclic amines) is 1. The average molecular weight is 392 g/mol. The molecule has 1 aromatic carbocycles. The maximum atomic E-state index is 13.0. The van der Waals surface area contributed by atoms with Gasteiger partial charge in [0.1, 0.15) is 12.2 Å². The number of carboxylic acid groups (broad SMARTS) is 1. The zero-order chi connectivity index (χ0) is 17.3. The molecular formula is C18H18BrNO4. The SMILES string of the molecule is Cc1coc(CC(=O)O)c1C(=O)N1CCCC1c1ccc(Br)cc1. The molecule has 1 N–H and O–H groups in total. The molecule has 1 saturated heterocycles. The molecule has 1 fully saturated rings. The number of nitrogens with zero attached hydrogens (tertiary/aromatic N) is 1. The molecule has 1 unspecified atom stereocenters. The third kappa shape index (κ3) is 3.24. The van der Waals surface area contributed by atoms with E-state index in [1.807, 2.05) is 29.2 Å². The van der Waals surface area contributed by atoms with Crippen molar-refractivity contribution in [3.8, 4) is 0 Å². The van der Waals surface area contributed by atoms with E-state index in [1.54, 1.807) is 6.92 Å². The highest BCUT2D eigenvalue weighted by Gasteiger charge is 2.33. The molecular weight excluding hydrogens is 374 g/mol. The molecule has 1 atom stereocenters. The maximum Gasteiger partial charge on any atom is 0.311 e. The normalized spacial score (nSPS) is 17.2. The summed E-state index contributed by atoms with van der Waals surface area (Å²) in [5, 5.41) is 9.01. The van der Waals surface area contributed by atoms with E-state index in [2.05, 4.69) is 15.9 Å². The Labute approximate surface area is 148 Å². The quantitative estimate of drug-likeness (QED) is 0.855. The zero-order valence-corrected chi connectivity index (χ0v) is 14.9. The zero-order valence-electron chi connectivity index (χ0n) is 13.3. The highest BCUT2D eigenvalue weighted by atomic mass is 79.9. The highest BCUT2D eigenvalue weighted by molar-refractivity contribution is 9.10. The molecule has 0 spiro atoms. The second-order valence-corrected chi connectivity index (χ2v) is 6.91. The van der Waals surface area contributed by atoms with Crippen molar-refractivity contribution in [2.45, 2.75) is 32.2 Å². The second-order valence-electron chi connectivity index (χ2n) is 6.00. The van der Waals surface area contributed by atoms with E-state index in [0.29, 0.717) is 17.7 Å². The molecule has 0 saturated carbocycles. The van der Waals surface area contributed by atoms with Crippen LogP contribution in [0.2, 0.25) is 0 Å². The van der Waals surface area contributed by atoms with Gasteiger partial charge in [-0.3, -0.25) is 9.59 Å². The van der Waals surface area contributed by atoms with E-state index in [1.165, 1.54) is 6.26 Å². The standard InChI is InChI=1S/C18H18BrNO4/c1-11-10-24-15(9-16(21)22)17(11)18(23)20-8-2-3-14(20)12-4-6-13(19)7-5-12/h4-7,10,14H,2-3,8-9H2,1H3,(H,21,22). The summed E-state index contributed by atoms with van der Waals surface area (Å²) < 4.78 is 6.31. The minimum atomic E-state index is -1.01. The number of rotatable bonds is 4. The largest absolute Gasteiger partial charge is 0.481 e. The summed E-state index contributed by atoms with van der Waals surface area (Å²) in [4.78, 5) is 25.9. The third-order valence-electron chi connectivity index (χ3n) is 4.35. The number of benzene rings is 1. The van der Waals surface area contributed by atoms with Gasteiger partial charge in [-0.25, -0.2) is 0 Å². The van der Waals surface area contributed by atoms with Crippen LogP contribution in [0, 0.1) is 6.92 Å². The van der Waals surface area contributed by atoms with Crippen LogP contribution in [-0.2, 0) is 11.2 Å². The lowest BCUT2D eigenvalue weighted by molar-refractivity contribution is -0.136. The molecule has 1 aliphatic rings. The Kier molecular flexibility index (Phi) is 4.76. The molecule has 126 valence electrons. The summed E-state index contributed by atoms with van der Waals surface area (Å²) in [6, 6.07) is 7.98. The monoisotopic (exact) mass is 391 g/mol. The number of carbonyl (C=O) groups is 2. The summed E-state index contributed by atoms with van der Waals surface area (Å²) >= 11 is 3.42. The van der Waals surface area contributed by atoms with Crippen molar-refractivity contribution < 1.29 is 19.1 Å². The molecule has 0 aliphatic carbocycles. The van der Waals surface area contributed by atoms with E-state index >= 15 is 0 Å². The Hall–Kier alpha value is -2.08. The Morgan fingerprint density at radius 3 is 2.71 bits per heavy atom. The first-order valence-electron chi connectivity index (χ1n) is 7.82. The van der Waals surface area contributed by atoms with Gasteiger partial charge in [-0.15, -0.1) is 0 Å². The van der Waals surface area contributed by atoms with Crippen molar-refractivity contribution in [1.29, 1.82) is 0 Å². The van der Waals surface area contributed by atoms with Crippen molar-refractivity contribution in [1.82, 2.24) is 4.90 Å². The molecule has 1 aromatic heterocycles. The van der Waals surface area contributed by atoms with Gasteiger partial charge in [-0.05, 0) is 37.5 Å². The van der Waals surface area contributed by atoms with Crippen LogP contribution in [0.5, 0.6) is 0 Å². The fourth-order valence-electron chi connectivity index (χ4n) is 3.24. The summed E-state index contributed by atoms with van der Waals surface area (Å²) in [6.45, 7) is 2.43. The van der Waals surface area contributed by atoms with Crippen molar-refractivity contribution >= 4 is 27.8 Å². The van der Waals surface area contributed by atoms with Crippen molar-refractivity contribution in [2.75, 3.05) is 6.54 Å². The number of hydrogen-bond donors (Lipinski definition) is 1. The lowest BCUT2D eigenvalue weighted by Gasteiger charge is -2.25. The lowest BCUT2D eigenvalue weighted by atomic mass is 10.0. The second kappa shape index (κ2) is 6.81.